The minimum absolute atomic E-state index is 0.00526. The lowest BCUT2D eigenvalue weighted by atomic mass is 10.3. The Labute approximate surface area is 142 Å². The summed E-state index contributed by atoms with van der Waals surface area (Å²) in [4.78, 5) is 31.8. The Bertz CT molecular complexity index is 749. The van der Waals surface area contributed by atoms with Crippen LogP contribution in [0, 0.1) is 6.92 Å². The Morgan fingerprint density at radius 1 is 1.50 bits per heavy atom. The molecule has 1 amide bonds. The molecule has 0 unspecified atom stereocenters. The largest absolute Gasteiger partial charge is 0.462 e. The van der Waals surface area contributed by atoms with E-state index >= 15 is 0 Å². The Morgan fingerprint density at radius 3 is 2.83 bits per heavy atom. The second kappa shape index (κ2) is 7.77. The lowest BCUT2D eigenvalue weighted by Gasteiger charge is -2.10. The number of hydrogen-bond acceptors (Lipinski definition) is 9. The zero-order valence-corrected chi connectivity index (χ0v) is 14.2. The molecule has 2 heterocycles. The highest BCUT2D eigenvalue weighted by Crippen LogP contribution is 2.22. The van der Waals surface area contributed by atoms with Gasteiger partial charge in [0.15, 0.2) is 11.0 Å². The van der Waals surface area contributed by atoms with E-state index in [9.17, 15) is 9.59 Å². The predicted octanol–water partition coefficient (Wildman–Crippen LogP) is 1.65. The molecule has 0 fully saturated rings. The summed E-state index contributed by atoms with van der Waals surface area (Å²) in [6.07, 6.45) is 1.29. The number of thioether (sulfide) groups is 1. The molecule has 10 heteroatoms. The highest BCUT2D eigenvalue weighted by Gasteiger charge is 2.19. The van der Waals surface area contributed by atoms with Crippen LogP contribution >= 0.6 is 11.8 Å². The summed E-state index contributed by atoms with van der Waals surface area (Å²) in [7, 11) is 0. The first-order valence-electron chi connectivity index (χ1n) is 7.11. The minimum atomic E-state index is -0.584. The number of aromatic nitrogens is 3. The zero-order chi connectivity index (χ0) is 17.7. The molecule has 0 bridgehead atoms. The first-order chi connectivity index (χ1) is 11.4. The average Bonchev–Trinajstić information content (AvgIpc) is 2.92. The maximum atomic E-state index is 12.1. The van der Waals surface area contributed by atoms with E-state index in [0.717, 1.165) is 11.8 Å². The summed E-state index contributed by atoms with van der Waals surface area (Å²) in [6.45, 7) is 5.33. The fourth-order valence-corrected chi connectivity index (χ4v) is 2.41. The summed E-state index contributed by atoms with van der Waals surface area (Å²) >= 11 is 1.10. The van der Waals surface area contributed by atoms with E-state index in [1.54, 1.807) is 26.8 Å². The van der Waals surface area contributed by atoms with E-state index in [1.165, 1.54) is 6.20 Å². The normalized spacial score (nSPS) is 11.8. The highest BCUT2D eigenvalue weighted by atomic mass is 32.2. The van der Waals surface area contributed by atoms with Crippen molar-refractivity contribution in [3.8, 4) is 0 Å². The Hall–Kier alpha value is -2.62. The smallest absolute Gasteiger partial charge is 0.343 e. The maximum Gasteiger partial charge on any atom is 0.343 e. The van der Waals surface area contributed by atoms with Gasteiger partial charge >= 0.3 is 5.97 Å². The molecule has 0 aliphatic carbocycles. The number of aryl methyl sites for hydroxylation is 1. The SMILES string of the molecule is CCOC(=O)c1cnc(S[C@H](C)C(=O)Nc2cc(C)on2)nc1N. The molecule has 0 spiro atoms. The van der Waals surface area contributed by atoms with Gasteiger partial charge in [-0.1, -0.05) is 16.9 Å². The topological polar surface area (TPSA) is 133 Å². The van der Waals surface area contributed by atoms with Gasteiger partial charge in [0.05, 0.1) is 11.9 Å². The fraction of sp³-hybridized carbons (Fsp3) is 0.357. The lowest BCUT2D eigenvalue weighted by Crippen LogP contribution is -2.23. The van der Waals surface area contributed by atoms with Crippen molar-refractivity contribution in [2.24, 2.45) is 0 Å². The minimum Gasteiger partial charge on any atom is -0.462 e. The number of nitrogens with two attached hydrogens (primary N) is 1. The highest BCUT2D eigenvalue weighted by molar-refractivity contribution is 8.00. The molecule has 0 aliphatic heterocycles. The van der Waals surface area contributed by atoms with Crippen LogP contribution in [0.15, 0.2) is 21.9 Å². The van der Waals surface area contributed by atoms with E-state index in [1.807, 2.05) is 0 Å². The number of nitrogen functional groups attached to an aromatic ring is 1. The van der Waals surface area contributed by atoms with E-state index in [4.69, 9.17) is 15.0 Å². The van der Waals surface area contributed by atoms with Crippen LogP contribution in [-0.2, 0) is 9.53 Å². The van der Waals surface area contributed by atoms with Crippen LogP contribution in [0.5, 0.6) is 0 Å². The number of hydrogen-bond donors (Lipinski definition) is 2. The summed E-state index contributed by atoms with van der Waals surface area (Å²) < 4.78 is 9.73. The van der Waals surface area contributed by atoms with Crippen molar-refractivity contribution in [1.29, 1.82) is 0 Å². The van der Waals surface area contributed by atoms with Gasteiger partial charge in [0.1, 0.15) is 17.1 Å². The molecule has 128 valence electrons. The van der Waals surface area contributed by atoms with Gasteiger partial charge in [-0.3, -0.25) is 4.79 Å². The number of esters is 1. The van der Waals surface area contributed by atoms with E-state index in [-0.39, 0.29) is 29.1 Å². The molecule has 24 heavy (non-hydrogen) atoms. The molecule has 2 rings (SSSR count). The van der Waals surface area contributed by atoms with Gasteiger partial charge in [-0.05, 0) is 20.8 Å². The summed E-state index contributed by atoms with van der Waals surface area (Å²) in [6, 6.07) is 1.61. The molecule has 0 radical (unpaired) electrons. The van der Waals surface area contributed by atoms with Crippen LogP contribution in [0.2, 0.25) is 0 Å². The van der Waals surface area contributed by atoms with Crippen LogP contribution in [0.1, 0.15) is 30.0 Å². The fourth-order valence-electron chi connectivity index (χ4n) is 1.67. The lowest BCUT2D eigenvalue weighted by molar-refractivity contribution is -0.115. The van der Waals surface area contributed by atoms with Crippen molar-refractivity contribution in [3.05, 3.63) is 23.6 Å². The van der Waals surface area contributed by atoms with Gasteiger partial charge in [-0.25, -0.2) is 14.8 Å². The predicted molar refractivity (Wildman–Crippen MR) is 87.6 cm³/mol. The van der Waals surface area contributed by atoms with E-state index in [0.29, 0.717) is 11.6 Å². The van der Waals surface area contributed by atoms with Gasteiger partial charge in [0.25, 0.3) is 0 Å². The Morgan fingerprint density at radius 2 is 2.25 bits per heavy atom. The molecule has 2 aromatic rings. The molecule has 2 aromatic heterocycles. The second-order valence-electron chi connectivity index (χ2n) is 4.74. The molecular formula is C14H17N5O4S. The number of anilines is 2. The number of ether oxygens (including phenoxy) is 1. The van der Waals surface area contributed by atoms with Crippen molar-refractivity contribution in [2.75, 3.05) is 17.7 Å². The van der Waals surface area contributed by atoms with Crippen LogP contribution in [0.3, 0.4) is 0 Å². The second-order valence-corrected chi connectivity index (χ2v) is 6.05. The first kappa shape index (κ1) is 17.7. The van der Waals surface area contributed by atoms with Gasteiger partial charge < -0.3 is 20.3 Å². The first-order valence-corrected chi connectivity index (χ1v) is 7.99. The van der Waals surface area contributed by atoms with Crippen LogP contribution in [0.4, 0.5) is 11.6 Å². The number of amides is 1. The van der Waals surface area contributed by atoms with Gasteiger partial charge in [-0.15, -0.1) is 0 Å². The summed E-state index contributed by atoms with van der Waals surface area (Å²) in [5, 5.41) is 6.08. The number of rotatable bonds is 6. The van der Waals surface area contributed by atoms with Crippen molar-refractivity contribution < 1.29 is 18.8 Å². The third kappa shape index (κ3) is 4.44. The van der Waals surface area contributed by atoms with Gasteiger partial charge in [-0.2, -0.15) is 0 Å². The molecule has 3 N–H and O–H groups in total. The van der Waals surface area contributed by atoms with Crippen LogP contribution in [0.25, 0.3) is 0 Å². The molecule has 0 aliphatic rings. The number of nitrogens with one attached hydrogen (secondary N) is 1. The quantitative estimate of drug-likeness (QED) is 0.452. The molecule has 0 saturated heterocycles. The summed E-state index contributed by atoms with van der Waals surface area (Å²) in [5.41, 5.74) is 5.84. The molecule has 0 aromatic carbocycles. The van der Waals surface area contributed by atoms with Gasteiger partial charge in [0, 0.05) is 12.3 Å². The average molecular weight is 351 g/mol. The Kier molecular flexibility index (Phi) is 5.74. The van der Waals surface area contributed by atoms with Crippen LogP contribution in [-0.4, -0.2) is 38.9 Å². The maximum absolute atomic E-state index is 12.1. The van der Waals surface area contributed by atoms with Crippen LogP contribution < -0.4 is 11.1 Å². The van der Waals surface area contributed by atoms with E-state index in [2.05, 4.69) is 20.4 Å². The number of carbonyl (C=O) groups is 2. The number of carbonyl (C=O) groups excluding carboxylic acids is 2. The third-order valence-corrected chi connectivity index (χ3v) is 3.80. The molecular weight excluding hydrogens is 334 g/mol. The van der Waals surface area contributed by atoms with Gasteiger partial charge in [0.2, 0.25) is 5.91 Å². The van der Waals surface area contributed by atoms with Crippen molar-refractivity contribution in [3.63, 3.8) is 0 Å². The molecule has 9 nitrogen and oxygen atoms in total. The third-order valence-electron chi connectivity index (χ3n) is 2.82. The summed E-state index contributed by atoms with van der Waals surface area (Å²) in [5.74, 6) is 0.0636. The number of nitrogens with zero attached hydrogens (tertiary/aromatic N) is 3. The monoisotopic (exact) mass is 351 g/mol. The molecule has 0 saturated carbocycles. The van der Waals surface area contributed by atoms with E-state index < -0.39 is 11.2 Å². The van der Waals surface area contributed by atoms with Crippen molar-refractivity contribution >= 4 is 35.3 Å². The molecule has 1 atom stereocenters. The zero-order valence-electron chi connectivity index (χ0n) is 13.4. The Balaban J connectivity index is 2.00. The van der Waals surface area contributed by atoms with Crippen molar-refractivity contribution in [1.82, 2.24) is 15.1 Å². The van der Waals surface area contributed by atoms with Crippen molar-refractivity contribution in [2.45, 2.75) is 31.2 Å². The standard InChI is InChI=1S/C14H17N5O4S/c1-4-22-13(21)9-6-16-14(18-11(9)15)24-8(3)12(20)17-10-5-7(2)23-19-10/h5-6,8H,4H2,1-3H3,(H2,15,16,18)(H,17,19,20)/t8-/m1/s1.